The number of nitrogens with zero attached hydrogens (tertiary/aromatic N) is 4. The van der Waals surface area contributed by atoms with Crippen molar-refractivity contribution >= 4 is 7.60 Å². The van der Waals surface area contributed by atoms with Gasteiger partial charge >= 0.3 is 7.60 Å². The van der Waals surface area contributed by atoms with Gasteiger partial charge in [0.05, 0.1) is 26.4 Å². The van der Waals surface area contributed by atoms with Gasteiger partial charge in [0.1, 0.15) is 17.5 Å². The zero-order valence-electron chi connectivity index (χ0n) is 15.6. The summed E-state index contributed by atoms with van der Waals surface area (Å²) in [6, 6.07) is 0.110. The Morgan fingerprint density at radius 1 is 1.24 bits per heavy atom. The van der Waals surface area contributed by atoms with E-state index < -0.39 is 13.4 Å². The zero-order chi connectivity index (χ0) is 17.9. The van der Waals surface area contributed by atoms with Crippen molar-refractivity contribution in [1.82, 2.24) is 9.91 Å². The fourth-order valence-corrected chi connectivity index (χ4v) is 6.08. The summed E-state index contributed by atoms with van der Waals surface area (Å²) < 4.78 is 30.1. The number of ether oxygens (including phenoxy) is 1. The number of hydrogen-bond acceptors (Lipinski definition) is 8. The van der Waals surface area contributed by atoms with Crippen molar-refractivity contribution in [2.45, 2.75) is 63.9 Å². The van der Waals surface area contributed by atoms with Crippen LogP contribution in [-0.4, -0.2) is 66.9 Å². The molecule has 0 aromatic carbocycles. The third-order valence-corrected chi connectivity index (χ3v) is 7.85. The maximum atomic E-state index is 13.4. The molecule has 25 heavy (non-hydrogen) atoms. The number of morpholine rings is 1. The second-order valence-corrected chi connectivity index (χ2v) is 9.14. The second kappa shape index (κ2) is 8.01. The summed E-state index contributed by atoms with van der Waals surface area (Å²) in [5.74, 6) is -0.470. The van der Waals surface area contributed by atoms with Crippen LogP contribution in [0.2, 0.25) is 0 Å². The molecule has 0 N–H and O–H groups in total. The lowest BCUT2D eigenvalue weighted by molar-refractivity contribution is -0.117. The topological polar surface area (TPSA) is 76.0 Å². The highest BCUT2D eigenvalue weighted by Crippen LogP contribution is 2.58. The van der Waals surface area contributed by atoms with Gasteiger partial charge in [-0.15, -0.1) is 0 Å². The third-order valence-electron chi connectivity index (χ3n) is 5.48. The lowest BCUT2D eigenvalue weighted by atomic mass is 9.82. The molecule has 0 radical (unpaired) electrons. The van der Waals surface area contributed by atoms with Crippen LogP contribution in [0.1, 0.15) is 46.5 Å². The van der Waals surface area contributed by atoms with Crippen molar-refractivity contribution in [3.05, 3.63) is 0 Å². The molecular weight excluding hydrogens is 343 g/mol. The molecule has 2 heterocycles. The normalized spacial score (nSPS) is 32.0. The van der Waals surface area contributed by atoms with E-state index in [0.29, 0.717) is 26.4 Å². The van der Waals surface area contributed by atoms with Gasteiger partial charge in [0.25, 0.3) is 0 Å². The van der Waals surface area contributed by atoms with Gasteiger partial charge in [-0.1, -0.05) is 11.6 Å². The summed E-state index contributed by atoms with van der Waals surface area (Å²) in [4.78, 5) is 2.43. The number of hydrogen-bond donors (Lipinski definition) is 0. The van der Waals surface area contributed by atoms with Crippen molar-refractivity contribution in [3.63, 3.8) is 0 Å². The minimum absolute atomic E-state index is 0.110. The third kappa shape index (κ3) is 3.39. The maximum absolute atomic E-state index is 13.4. The minimum Gasteiger partial charge on any atom is -0.379 e. The molecule has 9 heteroatoms. The minimum atomic E-state index is -3.30. The first-order valence-corrected chi connectivity index (χ1v) is 11.1. The highest BCUT2D eigenvalue weighted by Gasteiger charge is 2.58. The molecule has 2 fully saturated rings. The molecule has 0 bridgehead atoms. The van der Waals surface area contributed by atoms with E-state index in [4.69, 9.17) is 13.8 Å². The highest BCUT2D eigenvalue weighted by molar-refractivity contribution is 7.54. The molecule has 3 unspecified atom stereocenters. The first kappa shape index (κ1) is 19.2. The summed E-state index contributed by atoms with van der Waals surface area (Å²) in [6.07, 6.45) is 4.26. The van der Waals surface area contributed by atoms with Crippen molar-refractivity contribution < 1.29 is 18.3 Å². The Morgan fingerprint density at radius 3 is 2.56 bits per heavy atom. The Balaban J connectivity index is 1.92. The average molecular weight is 374 g/mol. The first-order chi connectivity index (χ1) is 12.1. The van der Waals surface area contributed by atoms with Gasteiger partial charge in [-0.3, -0.25) is 9.46 Å². The van der Waals surface area contributed by atoms with E-state index >= 15 is 0 Å². The molecular formula is C16H31N4O4P. The van der Waals surface area contributed by atoms with Gasteiger partial charge < -0.3 is 13.8 Å². The smallest absolute Gasteiger partial charge is 0.354 e. The molecule has 2 aliphatic heterocycles. The molecule has 3 atom stereocenters. The van der Waals surface area contributed by atoms with E-state index in [0.717, 1.165) is 38.8 Å². The van der Waals surface area contributed by atoms with Gasteiger partial charge in [0, 0.05) is 13.1 Å². The molecule has 0 aromatic rings. The van der Waals surface area contributed by atoms with Gasteiger partial charge in [-0.25, -0.2) is 5.01 Å². The molecule has 0 amide bonds. The van der Waals surface area contributed by atoms with Crippen molar-refractivity contribution in [2.24, 2.45) is 10.3 Å². The Morgan fingerprint density at radius 2 is 1.92 bits per heavy atom. The van der Waals surface area contributed by atoms with Crippen LogP contribution in [0.25, 0.3) is 0 Å². The van der Waals surface area contributed by atoms with E-state index in [1.165, 1.54) is 0 Å². The maximum Gasteiger partial charge on any atom is 0.354 e. The molecule has 144 valence electrons. The molecule has 1 saturated heterocycles. The Kier molecular flexibility index (Phi) is 6.16. The summed E-state index contributed by atoms with van der Waals surface area (Å²) in [5, 5.41) is 11.0. The van der Waals surface area contributed by atoms with Crippen molar-refractivity contribution in [1.29, 1.82) is 0 Å². The Labute approximate surface area is 150 Å². The summed E-state index contributed by atoms with van der Waals surface area (Å²) >= 11 is 0. The molecule has 3 rings (SSSR count). The van der Waals surface area contributed by atoms with Crippen molar-refractivity contribution in [2.75, 3.05) is 39.5 Å². The lowest BCUT2D eigenvalue weighted by Gasteiger charge is -2.52. The van der Waals surface area contributed by atoms with Crippen LogP contribution in [0.3, 0.4) is 0 Å². The van der Waals surface area contributed by atoms with Crippen LogP contribution in [0.5, 0.6) is 0 Å². The molecule has 0 aromatic heterocycles. The zero-order valence-corrected chi connectivity index (χ0v) is 16.5. The Hall–Kier alpha value is -0.530. The lowest BCUT2D eigenvalue weighted by Crippen LogP contribution is -2.67. The van der Waals surface area contributed by atoms with Crippen LogP contribution in [0.15, 0.2) is 10.3 Å². The number of rotatable bonds is 7. The summed E-state index contributed by atoms with van der Waals surface area (Å²) in [7, 11) is -3.30. The van der Waals surface area contributed by atoms with E-state index in [1.807, 2.05) is 25.8 Å². The number of fused-ring (bicyclic) bond motifs is 1. The van der Waals surface area contributed by atoms with Crippen molar-refractivity contribution in [3.8, 4) is 0 Å². The largest absolute Gasteiger partial charge is 0.379 e. The summed E-state index contributed by atoms with van der Waals surface area (Å²) in [5.41, 5.74) is -0.328. The fraction of sp³-hybridized carbons (Fsp3) is 1.00. The fourth-order valence-electron chi connectivity index (χ4n) is 4.34. The van der Waals surface area contributed by atoms with E-state index in [2.05, 4.69) is 15.2 Å². The molecule has 0 spiro atoms. The first-order valence-electron chi connectivity index (χ1n) is 9.50. The van der Waals surface area contributed by atoms with E-state index in [9.17, 15) is 4.57 Å². The predicted molar refractivity (Wildman–Crippen MR) is 94.4 cm³/mol. The highest BCUT2D eigenvalue weighted by atomic mass is 31.2. The van der Waals surface area contributed by atoms with E-state index in [1.54, 1.807) is 0 Å². The summed E-state index contributed by atoms with van der Waals surface area (Å²) in [6.45, 7) is 9.38. The van der Waals surface area contributed by atoms with E-state index in [-0.39, 0.29) is 11.7 Å². The van der Waals surface area contributed by atoms with Gasteiger partial charge in [0.2, 0.25) is 0 Å². The molecule has 1 aliphatic carbocycles. The predicted octanol–water partition coefficient (Wildman–Crippen LogP) is 3.25. The van der Waals surface area contributed by atoms with Gasteiger partial charge in [0.15, 0.2) is 0 Å². The van der Waals surface area contributed by atoms with Gasteiger partial charge in [-0.2, -0.15) is 5.11 Å². The van der Waals surface area contributed by atoms with Crippen LogP contribution < -0.4 is 0 Å². The average Bonchev–Trinajstić information content (AvgIpc) is 3.02. The monoisotopic (exact) mass is 374 g/mol. The molecule has 8 nitrogen and oxygen atoms in total. The molecule has 1 saturated carbocycles. The van der Waals surface area contributed by atoms with Crippen LogP contribution in [0, 0.1) is 0 Å². The SMILES string of the molecule is CCOP(=O)(OCC)C(C)N1N=NC2CCCCC21N1CCOCC1. The van der Waals surface area contributed by atoms with Gasteiger partial charge in [-0.05, 0) is 40.0 Å². The molecule has 3 aliphatic rings. The van der Waals surface area contributed by atoms with Crippen LogP contribution in [0.4, 0.5) is 0 Å². The standard InChI is InChI=1S/C16H31N4O4P/c1-4-23-25(21,24-5-2)14(3)20-16(19-10-12-22-13-11-19)9-7-6-8-15(16)17-18-20/h14-15H,4-13H2,1-3H3. The Bertz CT molecular complexity index is 518. The van der Waals surface area contributed by atoms with Crippen LogP contribution >= 0.6 is 7.60 Å². The van der Waals surface area contributed by atoms with Crippen LogP contribution in [-0.2, 0) is 18.3 Å². The quantitative estimate of drug-likeness (QED) is 0.637. The second-order valence-electron chi connectivity index (χ2n) is 6.80.